The molecule has 128 valence electrons. The summed E-state index contributed by atoms with van der Waals surface area (Å²) in [5.41, 5.74) is 1.61. The van der Waals surface area contributed by atoms with Crippen LogP contribution in [0, 0.1) is 5.92 Å². The summed E-state index contributed by atoms with van der Waals surface area (Å²) in [5, 5.41) is 4.06. The average Bonchev–Trinajstić information content (AvgIpc) is 2.98. The van der Waals surface area contributed by atoms with E-state index in [1.165, 1.54) is 0 Å². The lowest BCUT2D eigenvalue weighted by Gasteiger charge is -2.31. The van der Waals surface area contributed by atoms with Gasteiger partial charge in [-0.15, -0.1) is 0 Å². The second-order valence-electron chi connectivity index (χ2n) is 7.18. The first-order chi connectivity index (χ1) is 11.1. The van der Waals surface area contributed by atoms with Gasteiger partial charge in [0.25, 0.3) is 5.91 Å². The summed E-state index contributed by atoms with van der Waals surface area (Å²) >= 11 is 0. The minimum Gasteiger partial charge on any atom is -0.378 e. The number of amides is 1. The van der Waals surface area contributed by atoms with Crippen LogP contribution in [0.5, 0.6) is 0 Å². The zero-order valence-corrected chi connectivity index (χ0v) is 14.3. The van der Waals surface area contributed by atoms with Gasteiger partial charge in [-0.05, 0) is 44.4 Å². The summed E-state index contributed by atoms with van der Waals surface area (Å²) in [6.07, 6.45) is 7.34. The Bertz CT molecular complexity index is 530. The number of rotatable bonds is 5. The van der Waals surface area contributed by atoms with Crippen LogP contribution < -0.4 is 0 Å². The highest BCUT2D eigenvalue weighted by Crippen LogP contribution is 2.26. The van der Waals surface area contributed by atoms with Crippen molar-refractivity contribution in [3.05, 3.63) is 17.0 Å². The number of fused-ring (bicyclic) bond motifs is 1. The summed E-state index contributed by atoms with van der Waals surface area (Å²) in [4.78, 5) is 14.6. The molecule has 1 aliphatic heterocycles. The maximum absolute atomic E-state index is 12.7. The van der Waals surface area contributed by atoms with Gasteiger partial charge in [-0.25, -0.2) is 0 Å². The van der Waals surface area contributed by atoms with Gasteiger partial charge >= 0.3 is 0 Å². The number of likely N-dealkylation sites (tertiary alicyclic amines) is 1. The fourth-order valence-corrected chi connectivity index (χ4v) is 3.40. The second-order valence-corrected chi connectivity index (χ2v) is 7.18. The molecule has 2 heterocycles. The highest BCUT2D eigenvalue weighted by Gasteiger charge is 2.30. The second kappa shape index (κ2) is 7.47. The molecule has 1 aromatic rings. The van der Waals surface area contributed by atoms with E-state index < -0.39 is 0 Å². The summed E-state index contributed by atoms with van der Waals surface area (Å²) in [7, 11) is 0. The van der Waals surface area contributed by atoms with E-state index in [1.54, 1.807) is 0 Å². The molecule has 1 aromatic heterocycles. The maximum Gasteiger partial charge on any atom is 0.276 e. The van der Waals surface area contributed by atoms with Crippen LogP contribution in [0.15, 0.2) is 4.52 Å². The molecule has 0 spiro atoms. The van der Waals surface area contributed by atoms with Crippen molar-refractivity contribution in [1.82, 2.24) is 10.1 Å². The van der Waals surface area contributed by atoms with Gasteiger partial charge in [-0.2, -0.15) is 0 Å². The van der Waals surface area contributed by atoms with E-state index in [1.807, 2.05) is 4.90 Å². The molecule has 5 heteroatoms. The van der Waals surface area contributed by atoms with Gasteiger partial charge in [-0.1, -0.05) is 19.0 Å². The third-order valence-electron chi connectivity index (χ3n) is 4.93. The smallest absolute Gasteiger partial charge is 0.276 e. The van der Waals surface area contributed by atoms with Gasteiger partial charge in [0, 0.05) is 31.7 Å². The normalized spacial score (nSPS) is 19.2. The number of nitrogens with zero attached hydrogens (tertiary/aromatic N) is 2. The Labute approximate surface area is 138 Å². The summed E-state index contributed by atoms with van der Waals surface area (Å²) < 4.78 is 11.3. The average molecular weight is 320 g/mol. The van der Waals surface area contributed by atoms with Crippen LogP contribution in [0.25, 0.3) is 0 Å². The molecule has 2 aliphatic rings. The SMILES string of the molecule is CC(C)CCOC1CCN(C(=O)c2noc3c2CCCC3)CC1. The number of ether oxygens (including phenoxy) is 1. The maximum atomic E-state index is 12.7. The number of hydrogen-bond donors (Lipinski definition) is 0. The van der Waals surface area contributed by atoms with Crippen LogP contribution >= 0.6 is 0 Å². The number of carbonyl (C=O) groups is 1. The standard InChI is InChI=1S/C18H28N2O3/c1-13(2)9-12-22-14-7-10-20(11-8-14)18(21)17-15-5-3-4-6-16(15)23-19-17/h13-14H,3-12H2,1-2H3. The van der Waals surface area contributed by atoms with Crippen LogP contribution in [0.2, 0.25) is 0 Å². The van der Waals surface area contributed by atoms with Gasteiger partial charge in [0.1, 0.15) is 5.76 Å². The first kappa shape index (κ1) is 16.5. The van der Waals surface area contributed by atoms with Crippen LogP contribution in [0.3, 0.4) is 0 Å². The molecule has 1 amide bonds. The first-order valence-electron chi connectivity index (χ1n) is 9.03. The number of aryl methyl sites for hydroxylation is 1. The molecule has 0 radical (unpaired) electrons. The van der Waals surface area contributed by atoms with E-state index in [9.17, 15) is 4.79 Å². The van der Waals surface area contributed by atoms with E-state index >= 15 is 0 Å². The van der Waals surface area contributed by atoms with Crippen molar-refractivity contribution in [2.24, 2.45) is 5.92 Å². The fourth-order valence-electron chi connectivity index (χ4n) is 3.40. The van der Waals surface area contributed by atoms with Crippen molar-refractivity contribution in [2.75, 3.05) is 19.7 Å². The minimum atomic E-state index is 0.0394. The molecule has 3 rings (SSSR count). The number of hydrogen-bond acceptors (Lipinski definition) is 4. The fraction of sp³-hybridized carbons (Fsp3) is 0.778. The van der Waals surface area contributed by atoms with Crippen molar-refractivity contribution in [3.8, 4) is 0 Å². The number of carbonyl (C=O) groups excluding carboxylic acids is 1. The van der Waals surface area contributed by atoms with Crippen LogP contribution in [0.1, 0.15) is 67.8 Å². The lowest BCUT2D eigenvalue weighted by Crippen LogP contribution is -2.41. The Morgan fingerprint density at radius 3 is 2.78 bits per heavy atom. The monoisotopic (exact) mass is 320 g/mol. The molecular weight excluding hydrogens is 292 g/mol. The van der Waals surface area contributed by atoms with Crippen molar-refractivity contribution in [3.63, 3.8) is 0 Å². The van der Waals surface area contributed by atoms with Gasteiger partial charge in [0.05, 0.1) is 6.10 Å². The van der Waals surface area contributed by atoms with E-state index in [2.05, 4.69) is 19.0 Å². The molecule has 0 aromatic carbocycles. The van der Waals surface area contributed by atoms with Crippen molar-refractivity contribution in [1.29, 1.82) is 0 Å². The van der Waals surface area contributed by atoms with E-state index in [4.69, 9.17) is 9.26 Å². The van der Waals surface area contributed by atoms with Crippen LogP contribution in [-0.4, -0.2) is 41.8 Å². The number of aromatic nitrogens is 1. The lowest BCUT2D eigenvalue weighted by molar-refractivity contribution is 0.00460. The molecule has 0 saturated carbocycles. The van der Waals surface area contributed by atoms with E-state index in [0.29, 0.717) is 17.7 Å². The van der Waals surface area contributed by atoms with Crippen LogP contribution in [-0.2, 0) is 17.6 Å². The molecule has 0 bridgehead atoms. The Kier molecular flexibility index (Phi) is 5.36. The molecule has 0 unspecified atom stereocenters. The molecule has 1 fully saturated rings. The third-order valence-corrected chi connectivity index (χ3v) is 4.93. The predicted molar refractivity (Wildman–Crippen MR) is 87.5 cm³/mol. The molecule has 5 nitrogen and oxygen atoms in total. The van der Waals surface area contributed by atoms with Crippen molar-refractivity contribution < 1.29 is 14.1 Å². The predicted octanol–water partition coefficient (Wildman–Crippen LogP) is 3.22. The zero-order chi connectivity index (χ0) is 16.2. The Morgan fingerprint density at radius 2 is 2.04 bits per heavy atom. The largest absolute Gasteiger partial charge is 0.378 e. The van der Waals surface area contributed by atoms with E-state index in [-0.39, 0.29) is 5.91 Å². The summed E-state index contributed by atoms with van der Waals surface area (Å²) in [6, 6.07) is 0. The summed E-state index contributed by atoms with van der Waals surface area (Å²) in [6.45, 7) is 6.76. The molecule has 0 atom stereocenters. The molecule has 1 aliphatic carbocycles. The lowest BCUT2D eigenvalue weighted by atomic mass is 9.96. The molecule has 0 N–H and O–H groups in total. The Balaban J connectivity index is 1.51. The van der Waals surface area contributed by atoms with Gasteiger partial charge in [0.2, 0.25) is 0 Å². The highest BCUT2D eigenvalue weighted by molar-refractivity contribution is 5.94. The van der Waals surface area contributed by atoms with Gasteiger partial charge < -0.3 is 14.2 Å². The van der Waals surface area contributed by atoms with Crippen LogP contribution in [0.4, 0.5) is 0 Å². The molecule has 23 heavy (non-hydrogen) atoms. The zero-order valence-electron chi connectivity index (χ0n) is 14.3. The molecular formula is C18H28N2O3. The minimum absolute atomic E-state index is 0.0394. The summed E-state index contributed by atoms with van der Waals surface area (Å²) in [5.74, 6) is 1.64. The Morgan fingerprint density at radius 1 is 1.30 bits per heavy atom. The van der Waals surface area contributed by atoms with Gasteiger partial charge in [-0.3, -0.25) is 4.79 Å². The van der Waals surface area contributed by atoms with Crippen molar-refractivity contribution >= 4 is 5.91 Å². The first-order valence-corrected chi connectivity index (χ1v) is 9.03. The number of piperidine rings is 1. The van der Waals surface area contributed by atoms with Crippen molar-refractivity contribution in [2.45, 2.75) is 64.9 Å². The van der Waals surface area contributed by atoms with E-state index in [0.717, 1.165) is 76.0 Å². The molecule has 1 saturated heterocycles. The topological polar surface area (TPSA) is 55.6 Å². The Hall–Kier alpha value is -1.36. The highest BCUT2D eigenvalue weighted by atomic mass is 16.5. The quantitative estimate of drug-likeness (QED) is 0.836. The van der Waals surface area contributed by atoms with Gasteiger partial charge in [0.15, 0.2) is 5.69 Å². The third kappa shape index (κ3) is 3.94.